The van der Waals surface area contributed by atoms with Gasteiger partial charge in [-0.1, -0.05) is 19.8 Å². The van der Waals surface area contributed by atoms with Crippen LogP contribution in [0.2, 0.25) is 0 Å². The molecule has 0 spiro atoms. The van der Waals surface area contributed by atoms with Crippen LogP contribution in [0.5, 0.6) is 0 Å². The van der Waals surface area contributed by atoms with Gasteiger partial charge >= 0.3 is 0 Å². The molecule has 20 heavy (non-hydrogen) atoms. The van der Waals surface area contributed by atoms with Crippen molar-refractivity contribution in [1.82, 2.24) is 10.2 Å². The van der Waals surface area contributed by atoms with Crippen molar-refractivity contribution in [3.8, 4) is 0 Å². The topological polar surface area (TPSA) is 33.7 Å². The largest absolute Gasteiger partial charge is 0.383 e. The number of hydrogen-bond donors (Lipinski definition) is 1. The highest BCUT2D eigenvalue weighted by molar-refractivity contribution is 4.90. The molecule has 1 N–H and O–H groups in total. The van der Waals surface area contributed by atoms with Gasteiger partial charge in [-0.2, -0.15) is 0 Å². The smallest absolute Gasteiger partial charge is 0.0589 e. The van der Waals surface area contributed by atoms with Crippen LogP contribution in [0.4, 0.5) is 0 Å². The lowest BCUT2D eigenvalue weighted by molar-refractivity contribution is 0.0476. The molecule has 120 valence electrons. The van der Waals surface area contributed by atoms with Crippen LogP contribution in [0, 0.1) is 5.92 Å². The van der Waals surface area contributed by atoms with E-state index < -0.39 is 0 Å². The Morgan fingerprint density at radius 3 is 2.25 bits per heavy atom. The molecule has 0 radical (unpaired) electrons. The molecule has 1 aliphatic carbocycles. The summed E-state index contributed by atoms with van der Waals surface area (Å²) in [5.41, 5.74) is 0. The Morgan fingerprint density at radius 2 is 1.75 bits per heavy atom. The number of rotatable bonds is 10. The zero-order valence-electron chi connectivity index (χ0n) is 13.9. The Bertz CT molecular complexity index is 231. The average molecular weight is 286 g/mol. The maximum Gasteiger partial charge on any atom is 0.0589 e. The number of likely N-dealkylation sites (N-methyl/N-ethyl adjacent to an activating group) is 1. The highest BCUT2D eigenvalue weighted by Crippen LogP contribution is 2.31. The van der Waals surface area contributed by atoms with Crippen molar-refractivity contribution >= 4 is 0 Å². The first-order valence-electron chi connectivity index (χ1n) is 8.15. The fourth-order valence-electron chi connectivity index (χ4n) is 3.50. The molecule has 0 aromatic heterocycles. The van der Waals surface area contributed by atoms with E-state index in [1.54, 1.807) is 14.2 Å². The molecule has 1 saturated carbocycles. The second-order valence-electron chi connectivity index (χ2n) is 5.95. The monoisotopic (exact) mass is 286 g/mol. The lowest BCUT2D eigenvalue weighted by Gasteiger charge is -2.42. The fourth-order valence-corrected chi connectivity index (χ4v) is 3.50. The van der Waals surface area contributed by atoms with E-state index in [4.69, 9.17) is 9.47 Å². The molecule has 3 atom stereocenters. The molecule has 0 saturated heterocycles. The lowest BCUT2D eigenvalue weighted by atomic mass is 9.79. The zero-order chi connectivity index (χ0) is 14.8. The van der Waals surface area contributed by atoms with Crippen molar-refractivity contribution in [2.24, 2.45) is 5.92 Å². The third kappa shape index (κ3) is 5.68. The average Bonchev–Trinajstić information content (AvgIpc) is 2.48. The summed E-state index contributed by atoms with van der Waals surface area (Å²) in [5.74, 6) is 0.891. The van der Waals surface area contributed by atoms with Gasteiger partial charge in [0.2, 0.25) is 0 Å². The molecule has 0 aromatic rings. The quantitative estimate of drug-likeness (QED) is 0.667. The van der Waals surface area contributed by atoms with Gasteiger partial charge in [-0.3, -0.25) is 4.90 Å². The zero-order valence-corrected chi connectivity index (χ0v) is 13.9. The summed E-state index contributed by atoms with van der Waals surface area (Å²) >= 11 is 0. The third-order valence-corrected chi connectivity index (χ3v) is 4.63. The van der Waals surface area contributed by atoms with Crippen LogP contribution in [0.1, 0.15) is 39.0 Å². The van der Waals surface area contributed by atoms with Gasteiger partial charge in [0.15, 0.2) is 0 Å². The molecular weight excluding hydrogens is 252 g/mol. The maximum absolute atomic E-state index is 5.28. The second kappa shape index (κ2) is 10.6. The fraction of sp³-hybridized carbons (Fsp3) is 1.00. The van der Waals surface area contributed by atoms with Gasteiger partial charge in [0.1, 0.15) is 0 Å². The first kappa shape index (κ1) is 17.9. The van der Waals surface area contributed by atoms with Crippen molar-refractivity contribution < 1.29 is 9.47 Å². The number of ether oxygens (including phenoxy) is 2. The molecule has 0 aromatic carbocycles. The molecule has 1 fully saturated rings. The van der Waals surface area contributed by atoms with Crippen molar-refractivity contribution in [3.63, 3.8) is 0 Å². The molecule has 1 aliphatic rings. The van der Waals surface area contributed by atoms with E-state index >= 15 is 0 Å². The molecule has 1 rings (SSSR count). The second-order valence-corrected chi connectivity index (χ2v) is 5.95. The Hall–Kier alpha value is -0.160. The highest BCUT2D eigenvalue weighted by atomic mass is 16.5. The van der Waals surface area contributed by atoms with Crippen LogP contribution in [0.15, 0.2) is 0 Å². The minimum atomic E-state index is 0.608. The highest BCUT2D eigenvalue weighted by Gasteiger charge is 2.32. The Labute approximate surface area is 125 Å². The molecule has 3 unspecified atom stereocenters. The van der Waals surface area contributed by atoms with Gasteiger partial charge in [0.25, 0.3) is 0 Å². The predicted octanol–water partition coefficient (Wildman–Crippen LogP) is 2.14. The molecule has 0 amide bonds. The molecule has 4 heteroatoms. The number of hydrogen-bond acceptors (Lipinski definition) is 4. The number of nitrogens with one attached hydrogen (secondary N) is 1. The number of methoxy groups -OCH3 is 2. The molecule has 0 heterocycles. The summed E-state index contributed by atoms with van der Waals surface area (Å²) < 4.78 is 10.6. The summed E-state index contributed by atoms with van der Waals surface area (Å²) in [6.07, 6.45) is 6.65. The van der Waals surface area contributed by atoms with Crippen molar-refractivity contribution in [1.29, 1.82) is 0 Å². The van der Waals surface area contributed by atoms with Gasteiger partial charge in [-0.25, -0.2) is 0 Å². The van der Waals surface area contributed by atoms with Crippen LogP contribution in [0.3, 0.4) is 0 Å². The molecule has 4 nitrogen and oxygen atoms in total. The van der Waals surface area contributed by atoms with E-state index in [1.165, 1.54) is 32.1 Å². The van der Waals surface area contributed by atoms with Crippen LogP contribution < -0.4 is 5.32 Å². The van der Waals surface area contributed by atoms with E-state index in [-0.39, 0.29) is 0 Å². The van der Waals surface area contributed by atoms with Gasteiger partial charge in [-0.05, 0) is 32.2 Å². The predicted molar refractivity (Wildman–Crippen MR) is 84.2 cm³/mol. The van der Waals surface area contributed by atoms with Crippen molar-refractivity contribution in [2.75, 3.05) is 47.6 Å². The summed E-state index contributed by atoms with van der Waals surface area (Å²) in [6, 6.07) is 1.23. The van der Waals surface area contributed by atoms with Gasteiger partial charge in [-0.15, -0.1) is 0 Å². The summed E-state index contributed by atoms with van der Waals surface area (Å²) in [6.45, 7) is 5.90. The third-order valence-electron chi connectivity index (χ3n) is 4.63. The van der Waals surface area contributed by atoms with Crippen LogP contribution >= 0.6 is 0 Å². The van der Waals surface area contributed by atoms with Gasteiger partial charge in [0.05, 0.1) is 13.2 Å². The minimum Gasteiger partial charge on any atom is -0.383 e. The van der Waals surface area contributed by atoms with Crippen molar-refractivity contribution in [3.05, 3.63) is 0 Å². The molecule has 0 aliphatic heterocycles. The van der Waals surface area contributed by atoms with E-state index in [9.17, 15) is 0 Å². The first-order valence-corrected chi connectivity index (χ1v) is 8.15. The normalized spacial score (nSPS) is 27.1. The summed E-state index contributed by atoms with van der Waals surface area (Å²) in [5, 5.41) is 3.53. The lowest BCUT2D eigenvalue weighted by Crippen LogP contribution is -2.54. The maximum atomic E-state index is 5.28. The summed E-state index contributed by atoms with van der Waals surface area (Å²) in [4.78, 5) is 2.57. The standard InChI is InChI=1S/C16H34N2O2/c1-5-6-14-7-8-15(17-2)16(13-14)18(9-11-19-3)10-12-20-4/h14-17H,5-13H2,1-4H3. The first-order chi connectivity index (χ1) is 9.76. The van der Waals surface area contributed by atoms with E-state index in [2.05, 4.69) is 24.2 Å². The van der Waals surface area contributed by atoms with Crippen LogP contribution in [-0.2, 0) is 9.47 Å². The Kier molecular flexibility index (Phi) is 9.44. The summed E-state index contributed by atoms with van der Waals surface area (Å²) in [7, 11) is 5.66. The molecule has 0 bridgehead atoms. The van der Waals surface area contributed by atoms with E-state index in [0.29, 0.717) is 12.1 Å². The van der Waals surface area contributed by atoms with E-state index in [1.807, 2.05) is 0 Å². The Morgan fingerprint density at radius 1 is 1.10 bits per heavy atom. The molecular formula is C16H34N2O2. The van der Waals surface area contributed by atoms with Gasteiger partial charge < -0.3 is 14.8 Å². The van der Waals surface area contributed by atoms with Gasteiger partial charge in [0, 0.05) is 39.4 Å². The van der Waals surface area contributed by atoms with Crippen molar-refractivity contribution in [2.45, 2.75) is 51.1 Å². The van der Waals surface area contributed by atoms with E-state index in [0.717, 1.165) is 32.2 Å². The van der Waals surface area contributed by atoms with Crippen LogP contribution in [-0.4, -0.2) is 64.6 Å². The van der Waals surface area contributed by atoms with Crippen LogP contribution in [0.25, 0.3) is 0 Å². The SMILES string of the molecule is CCCC1CCC(NC)C(N(CCOC)CCOC)C1. The Balaban J connectivity index is 2.64. The number of nitrogens with zero attached hydrogens (tertiary/aromatic N) is 1. The minimum absolute atomic E-state index is 0.608.